The van der Waals surface area contributed by atoms with Crippen LogP contribution < -0.4 is 18.9 Å². The van der Waals surface area contributed by atoms with E-state index in [-0.39, 0.29) is 65.6 Å². The Morgan fingerprint density at radius 2 is 1.11 bits per heavy atom. The van der Waals surface area contributed by atoms with Gasteiger partial charge < -0.3 is 39.4 Å². The second kappa shape index (κ2) is 25.8. The topological polar surface area (TPSA) is 209 Å². The number of halogens is 2. The second-order valence-electron chi connectivity index (χ2n) is 18.0. The number of likely N-dealkylation sites (N-methyl/N-ethyl adjacent to an activating group) is 2. The molecule has 4 N–H and O–H groups in total. The van der Waals surface area contributed by atoms with E-state index in [0.29, 0.717) is 50.7 Å². The number of ether oxygens (including phenoxy) is 4. The fourth-order valence-corrected chi connectivity index (χ4v) is 9.09. The smallest absolute Gasteiger partial charge is 0.321 e. The van der Waals surface area contributed by atoms with Crippen molar-refractivity contribution in [2.24, 2.45) is 9.98 Å². The van der Waals surface area contributed by atoms with Gasteiger partial charge in [0.2, 0.25) is 0 Å². The summed E-state index contributed by atoms with van der Waals surface area (Å²) < 4.78 is 25.6. The maximum atomic E-state index is 12.1. The molecule has 2 aromatic heterocycles. The number of aliphatic hydroxyl groups excluding tert-OH is 2. The molecule has 0 amide bonds. The van der Waals surface area contributed by atoms with Crippen LogP contribution in [0.15, 0.2) is 108 Å². The number of carboxylic acid groups (broad SMARTS) is 2. The van der Waals surface area contributed by atoms with Gasteiger partial charge in [-0.3, -0.25) is 39.3 Å². The molecule has 7 rings (SSSR count). The lowest BCUT2D eigenvalue weighted by atomic mass is 9.92. The van der Waals surface area contributed by atoms with Crippen molar-refractivity contribution in [3.8, 4) is 34.1 Å². The van der Waals surface area contributed by atoms with Gasteiger partial charge in [0.15, 0.2) is 0 Å². The molecule has 0 spiro atoms. The van der Waals surface area contributed by atoms with Gasteiger partial charge in [-0.05, 0) is 98.4 Å². The SMILES string of the molecule is CN=Cc1cncc(COc2cc(OCc3cccc(-c4cccc(COc5cc(OCc6cncc(C7=NC7)c6)c(CN(C)[C@@H](CCO)C(=O)O)cc5Cl)c4C)c3C)c(Cl)cc2CN(C)[C@@H](CCO)C(=O)O)c1. The lowest BCUT2D eigenvalue weighted by Crippen LogP contribution is -2.38. The third-order valence-corrected chi connectivity index (χ3v) is 13.4. The van der Waals surface area contributed by atoms with Crippen molar-refractivity contribution < 1.29 is 49.0 Å². The molecule has 74 heavy (non-hydrogen) atoms. The number of hydrogen-bond donors (Lipinski definition) is 4. The number of pyridine rings is 2. The summed E-state index contributed by atoms with van der Waals surface area (Å²) in [5, 5.41) is 39.6. The van der Waals surface area contributed by atoms with E-state index in [2.05, 4.69) is 32.1 Å². The van der Waals surface area contributed by atoms with Gasteiger partial charge in [-0.1, -0.05) is 59.6 Å². The highest BCUT2D eigenvalue weighted by molar-refractivity contribution is 6.32. The molecular weight excluding hydrogens is 988 g/mol. The molecule has 0 radical (unpaired) electrons. The van der Waals surface area contributed by atoms with E-state index < -0.39 is 24.0 Å². The molecule has 0 saturated carbocycles. The van der Waals surface area contributed by atoms with Crippen molar-refractivity contribution in [3.05, 3.63) is 163 Å². The second-order valence-corrected chi connectivity index (χ2v) is 18.9. The Kier molecular flexibility index (Phi) is 19.1. The molecule has 0 fully saturated rings. The van der Waals surface area contributed by atoms with Crippen LogP contribution in [0.5, 0.6) is 23.0 Å². The van der Waals surface area contributed by atoms with Crippen LogP contribution in [0, 0.1) is 13.8 Å². The van der Waals surface area contributed by atoms with Gasteiger partial charge in [0, 0.05) is 110 Å². The van der Waals surface area contributed by atoms with Gasteiger partial charge in [0.25, 0.3) is 0 Å². The first-order valence-electron chi connectivity index (χ1n) is 23.9. The minimum atomic E-state index is -1.05. The number of hydrogen-bond acceptors (Lipinski definition) is 14. The number of aliphatic hydroxyl groups is 2. The standard InChI is InChI=1S/C56H60Cl2N6O10/c1-34-39(32-73-53-20-51(71-30-37-16-36(22-59-3)23-60-24-37)42(18-46(53)57)28-63(4)49(12-14-65)55(67)68)8-6-10-44(34)45-11-7-9-40(35(45)2)33-74-54-21-52(72-31-38-17-41(26-61-25-38)48-27-62-48)43(19-47(54)58)29-64(5)50(13-15-66)56(69)70/h6-11,16-26,49-50,65-66H,12-15,27-33H2,1-5H3,(H,67,68)(H,69,70)/t49-,50-/m0/s1. The van der Waals surface area contributed by atoms with Crippen LogP contribution in [0.25, 0.3) is 11.1 Å². The van der Waals surface area contributed by atoms with Crippen LogP contribution in [-0.4, -0.2) is 117 Å². The molecule has 0 bridgehead atoms. The summed E-state index contributed by atoms with van der Waals surface area (Å²) in [6.45, 7) is 5.21. The summed E-state index contributed by atoms with van der Waals surface area (Å²) in [6.07, 6.45) is 8.68. The largest absolute Gasteiger partial charge is 0.488 e. The zero-order valence-electron chi connectivity index (χ0n) is 41.9. The number of carboxylic acids is 2. The third kappa shape index (κ3) is 14.2. The van der Waals surface area contributed by atoms with E-state index in [0.717, 1.165) is 61.3 Å². The first kappa shape index (κ1) is 54.8. The molecule has 388 valence electrons. The summed E-state index contributed by atoms with van der Waals surface area (Å²) in [5.74, 6) is -0.452. The van der Waals surface area contributed by atoms with Gasteiger partial charge in [-0.25, -0.2) is 0 Å². The fraction of sp³-hybridized carbons (Fsp3) is 0.321. The molecule has 1 aliphatic rings. The van der Waals surface area contributed by atoms with Crippen LogP contribution in [0.2, 0.25) is 10.0 Å². The first-order valence-corrected chi connectivity index (χ1v) is 24.7. The van der Waals surface area contributed by atoms with Gasteiger partial charge >= 0.3 is 11.9 Å². The van der Waals surface area contributed by atoms with Crippen molar-refractivity contribution in [1.82, 2.24) is 19.8 Å². The molecule has 3 heterocycles. The monoisotopic (exact) mass is 1050 g/mol. The lowest BCUT2D eigenvalue weighted by Gasteiger charge is -2.25. The molecule has 18 heteroatoms. The van der Waals surface area contributed by atoms with Crippen LogP contribution in [0.4, 0.5) is 0 Å². The van der Waals surface area contributed by atoms with Crippen LogP contribution in [0.3, 0.4) is 0 Å². The predicted octanol–water partition coefficient (Wildman–Crippen LogP) is 8.77. The third-order valence-electron chi connectivity index (χ3n) is 12.8. The van der Waals surface area contributed by atoms with Crippen molar-refractivity contribution in [2.75, 3.05) is 40.9 Å². The summed E-state index contributed by atoms with van der Waals surface area (Å²) in [6, 6.07) is 21.0. The fourth-order valence-electron chi connectivity index (χ4n) is 8.61. The molecule has 16 nitrogen and oxygen atoms in total. The van der Waals surface area contributed by atoms with Gasteiger partial charge in [0.05, 0.1) is 22.3 Å². The van der Waals surface area contributed by atoms with Crippen molar-refractivity contribution >= 4 is 47.1 Å². The molecular formula is C56H60Cl2N6O10. The van der Waals surface area contributed by atoms with E-state index in [1.165, 1.54) is 0 Å². The highest BCUT2D eigenvalue weighted by Gasteiger charge is 2.26. The van der Waals surface area contributed by atoms with Crippen molar-refractivity contribution in [1.29, 1.82) is 0 Å². The van der Waals surface area contributed by atoms with Crippen LogP contribution in [0.1, 0.15) is 68.5 Å². The summed E-state index contributed by atoms with van der Waals surface area (Å²) in [7, 11) is 5.03. The van der Waals surface area contributed by atoms with Crippen LogP contribution in [-0.2, 0) is 49.1 Å². The maximum absolute atomic E-state index is 12.1. The Hall–Kier alpha value is -6.92. The molecule has 0 aliphatic carbocycles. The highest BCUT2D eigenvalue weighted by atomic mass is 35.5. The molecule has 2 atom stereocenters. The Labute approximate surface area is 440 Å². The van der Waals surface area contributed by atoms with Gasteiger partial charge in [0.1, 0.15) is 61.5 Å². The molecule has 1 aliphatic heterocycles. The predicted molar refractivity (Wildman–Crippen MR) is 284 cm³/mol. The first-order chi connectivity index (χ1) is 35.7. The number of aromatic nitrogens is 2. The Morgan fingerprint density at radius 3 is 1.55 bits per heavy atom. The Bertz CT molecular complexity index is 3020. The molecule has 6 aromatic rings. The van der Waals surface area contributed by atoms with Gasteiger partial charge in [-0.2, -0.15) is 0 Å². The Balaban J connectivity index is 1.10. The van der Waals surface area contributed by atoms with E-state index >= 15 is 0 Å². The van der Waals surface area contributed by atoms with Crippen LogP contribution >= 0.6 is 23.2 Å². The normalized spacial score (nSPS) is 13.0. The van der Waals surface area contributed by atoms with E-state index in [4.69, 9.17) is 42.1 Å². The quantitative estimate of drug-likeness (QED) is 0.0356. The minimum Gasteiger partial charge on any atom is -0.488 e. The summed E-state index contributed by atoms with van der Waals surface area (Å²) in [5.41, 5.74) is 11.4. The zero-order chi connectivity index (χ0) is 52.9. The van der Waals surface area contributed by atoms with Gasteiger partial charge in [-0.15, -0.1) is 0 Å². The van der Waals surface area contributed by atoms with E-state index in [9.17, 15) is 30.0 Å². The number of carbonyl (C=O) groups is 2. The van der Waals surface area contributed by atoms with Crippen molar-refractivity contribution in [2.45, 2.75) is 78.3 Å². The maximum Gasteiger partial charge on any atom is 0.321 e. The number of nitrogens with zero attached hydrogens (tertiary/aromatic N) is 6. The average Bonchev–Trinajstić information content (AvgIpc) is 4.23. The molecule has 4 aromatic carbocycles. The van der Waals surface area contributed by atoms with E-state index in [1.807, 2.05) is 50.2 Å². The number of benzene rings is 4. The summed E-state index contributed by atoms with van der Waals surface area (Å²) in [4.78, 5) is 44.5. The highest BCUT2D eigenvalue weighted by Crippen LogP contribution is 2.38. The number of aliphatic imine (C=N–C) groups is 2. The summed E-state index contributed by atoms with van der Waals surface area (Å²) >= 11 is 13.8. The number of rotatable bonds is 27. The van der Waals surface area contributed by atoms with Crippen molar-refractivity contribution in [3.63, 3.8) is 0 Å². The molecule has 0 saturated heterocycles. The lowest BCUT2D eigenvalue weighted by molar-refractivity contribution is -0.144. The minimum absolute atomic E-state index is 0.0454. The average molecular weight is 1050 g/mol. The Morgan fingerprint density at radius 1 is 0.649 bits per heavy atom. The zero-order valence-corrected chi connectivity index (χ0v) is 43.4. The van der Waals surface area contributed by atoms with E-state index in [1.54, 1.807) is 86.2 Å². The molecule has 0 unspecified atom stereocenters. The number of aliphatic carboxylic acids is 2.